The van der Waals surface area contributed by atoms with Gasteiger partial charge >= 0.3 is 0 Å². The van der Waals surface area contributed by atoms with Crippen molar-refractivity contribution in [3.8, 4) is 44.8 Å². The van der Waals surface area contributed by atoms with Crippen molar-refractivity contribution < 1.29 is 24.5 Å². The average molecular weight is 857 g/mol. The molecule has 0 unspecified atom stereocenters. The van der Waals surface area contributed by atoms with Crippen molar-refractivity contribution in [2.75, 3.05) is 0 Å². The minimum absolute atomic E-state index is 0. The van der Waals surface area contributed by atoms with E-state index in [1.807, 2.05) is 36.7 Å². The van der Waals surface area contributed by atoms with E-state index in [4.69, 9.17) is 4.42 Å². The molecule has 0 saturated heterocycles. The fourth-order valence-corrected chi connectivity index (χ4v) is 7.14. The quantitative estimate of drug-likeness (QED) is 0.124. The largest absolute Gasteiger partial charge is 0.476 e. The Morgan fingerprint density at radius 2 is 1.35 bits per heavy atom. The van der Waals surface area contributed by atoms with Gasteiger partial charge in [0, 0.05) is 38.1 Å². The van der Waals surface area contributed by atoms with Crippen LogP contribution in [0, 0.1) is 12.1 Å². The second-order valence-corrected chi connectivity index (χ2v) is 19.0. The molecule has 5 heteroatoms. The molecule has 0 bridgehead atoms. The Bertz CT molecular complexity index is 2380. The van der Waals surface area contributed by atoms with E-state index in [1.165, 1.54) is 21.9 Å². The summed E-state index contributed by atoms with van der Waals surface area (Å²) in [4.78, 5) is 9.20. The first-order valence-corrected chi connectivity index (χ1v) is 20.7. The predicted octanol–water partition coefficient (Wildman–Crippen LogP) is 12.0. The summed E-state index contributed by atoms with van der Waals surface area (Å²) in [5.74, 6) is 0.463. The van der Waals surface area contributed by atoms with Crippen LogP contribution in [0.15, 0.2) is 150 Å². The summed E-state index contributed by atoms with van der Waals surface area (Å²) in [6.45, 7) is 11.4. The SMILES string of the molecule is CC(C)c1ccnc(-c2[c-]cc3c(c2)oc2c(-c4ccccc4)cccc23)c1.C[Si](C)(C)c1ccc(-c2[c-]ccc(-c3ccccc3)c2)nc1.[Ir]. The van der Waals surface area contributed by atoms with Crippen LogP contribution in [0.2, 0.25) is 19.6 Å². The molecule has 1 radical (unpaired) electrons. The Labute approximate surface area is 315 Å². The van der Waals surface area contributed by atoms with Crippen molar-refractivity contribution in [2.45, 2.75) is 39.4 Å². The molecule has 5 aromatic carbocycles. The number of furan rings is 1. The van der Waals surface area contributed by atoms with Crippen LogP contribution in [0.25, 0.3) is 66.7 Å². The van der Waals surface area contributed by atoms with Gasteiger partial charge in [-0.2, -0.15) is 0 Å². The molecule has 255 valence electrons. The van der Waals surface area contributed by atoms with Crippen LogP contribution in [-0.2, 0) is 20.1 Å². The second-order valence-electron chi connectivity index (χ2n) is 13.9. The van der Waals surface area contributed by atoms with E-state index in [2.05, 4.69) is 165 Å². The maximum Gasteiger partial charge on any atom is 0.131 e. The molecule has 0 saturated carbocycles. The molecule has 8 aromatic rings. The summed E-state index contributed by atoms with van der Waals surface area (Å²) < 4.78 is 6.33. The third-order valence-corrected chi connectivity index (χ3v) is 11.1. The number of para-hydroxylation sites is 1. The Balaban J connectivity index is 0.000000178. The molecule has 0 aliphatic carbocycles. The van der Waals surface area contributed by atoms with Crippen molar-refractivity contribution in [3.63, 3.8) is 0 Å². The minimum atomic E-state index is -1.29. The van der Waals surface area contributed by atoms with E-state index in [1.54, 1.807) is 0 Å². The molecule has 0 atom stereocenters. The first-order chi connectivity index (χ1) is 24.2. The Kier molecular flexibility index (Phi) is 10.9. The van der Waals surface area contributed by atoms with Crippen molar-refractivity contribution in [1.82, 2.24) is 9.97 Å². The van der Waals surface area contributed by atoms with Gasteiger partial charge in [-0.15, -0.1) is 53.1 Å². The van der Waals surface area contributed by atoms with Gasteiger partial charge in [0.25, 0.3) is 0 Å². The standard InChI is InChI=1S/C26H20NO.C20H20NSi.Ir/c1-17(2)19-13-14-27-24(15-19)20-11-12-22-23-10-6-9-21(18-7-4-3-5-8-18)26(23)28-25(22)16-20;1-22(2,3)19-12-13-20(21-15-19)18-11-7-10-17(14-18)16-8-5-4-6-9-16;/h3-10,12-17H,1-2H3;4-10,12-15H,1-3H3;/q2*-1;. The molecule has 3 nitrogen and oxygen atoms in total. The number of rotatable bonds is 6. The molecule has 51 heavy (non-hydrogen) atoms. The molecule has 0 spiro atoms. The normalized spacial score (nSPS) is 11.3. The summed E-state index contributed by atoms with van der Waals surface area (Å²) in [5.41, 5.74) is 11.6. The summed E-state index contributed by atoms with van der Waals surface area (Å²) in [6.07, 6.45) is 3.90. The van der Waals surface area contributed by atoms with E-state index in [0.717, 1.165) is 55.6 Å². The van der Waals surface area contributed by atoms with Crippen LogP contribution in [0.5, 0.6) is 0 Å². The van der Waals surface area contributed by atoms with Crippen LogP contribution >= 0.6 is 0 Å². The van der Waals surface area contributed by atoms with Crippen LogP contribution < -0.4 is 5.19 Å². The van der Waals surface area contributed by atoms with Gasteiger partial charge in [-0.1, -0.05) is 148 Å². The Hall–Kier alpha value is -4.93. The zero-order valence-electron chi connectivity index (χ0n) is 29.6. The van der Waals surface area contributed by atoms with Crippen LogP contribution in [0.1, 0.15) is 25.3 Å². The number of benzene rings is 5. The Morgan fingerprint density at radius 1 is 0.627 bits per heavy atom. The molecule has 0 aliphatic rings. The first kappa shape index (κ1) is 35.9. The van der Waals surface area contributed by atoms with Crippen molar-refractivity contribution in [1.29, 1.82) is 0 Å². The molecule has 8 rings (SSSR count). The summed E-state index contributed by atoms with van der Waals surface area (Å²) >= 11 is 0. The maximum absolute atomic E-state index is 6.33. The van der Waals surface area contributed by atoms with Gasteiger partial charge in [-0.25, -0.2) is 0 Å². The zero-order chi connectivity index (χ0) is 34.7. The van der Waals surface area contributed by atoms with Gasteiger partial charge in [0.1, 0.15) is 5.58 Å². The van der Waals surface area contributed by atoms with E-state index in [9.17, 15) is 0 Å². The van der Waals surface area contributed by atoms with Crippen molar-refractivity contribution >= 4 is 35.2 Å². The molecule has 3 aromatic heterocycles. The van der Waals surface area contributed by atoms with Crippen molar-refractivity contribution in [2.24, 2.45) is 0 Å². The van der Waals surface area contributed by atoms with E-state index >= 15 is 0 Å². The number of hydrogen-bond acceptors (Lipinski definition) is 3. The number of nitrogens with zero attached hydrogens (tertiary/aromatic N) is 2. The van der Waals surface area contributed by atoms with E-state index in [0.29, 0.717) is 5.92 Å². The van der Waals surface area contributed by atoms with Crippen molar-refractivity contribution in [3.05, 3.63) is 164 Å². The van der Waals surface area contributed by atoms with E-state index in [-0.39, 0.29) is 20.1 Å². The minimum Gasteiger partial charge on any atom is -0.476 e. The molecule has 0 amide bonds. The number of hydrogen-bond donors (Lipinski definition) is 0. The first-order valence-electron chi connectivity index (χ1n) is 17.2. The van der Waals surface area contributed by atoms with Gasteiger partial charge in [-0.05, 0) is 45.1 Å². The molecular weight excluding hydrogens is 817 g/mol. The molecule has 0 N–H and O–H groups in total. The van der Waals surface area contributed by atoms with E-state index < -0.39 is 8.07 Å². The summed E-state index contributed by atoms with van der Waals surface area (Å²) in [6, 6.07) is 52.6. The fraction of sp³-hybridized carbons (Fsp3) is 0.130. The molecular formula is C46H40IrN2OSi-2. The maximum atomic E-state index is 6.33. The van der Waals surface area contributed by atoms with Gasteiger partial charge in [0.15, 0.2) is 0 Å². The molecule has 0 aliphatic heterocycles. The summed E-state index contributed by atoms with van der Waals surface area (Å²) in [7, 11) is -1.29. The number of pyridine rings is 2. The van der Waals surface area contributed by atoms with Gasteiger partial charge in [-0.3, -0.25) is 0 Å². The molecule has 3 heterocycles. The predicted molar refractivity (Wildman–Crippen MR) is 212 cm³/mol. The summed E-state index contributed by atoms with van der Waals surface area (Å²) in [5, 5.41) is 3.58. The smallest absolute Gasteiger partial charge is 0.131 e. The second kappa shape index (κ2) is 15.5. The van der Waals surface area contributed by atoms with Crippen LogP contribution in [-0.4, -0.2) is 18.0 Å². The average Bonchev–Trinajstić information content (AvgIpc) is 3.54. The van der Waals surface area contributed by atoms with Gasteiger partial charge in [0.05, 0.1) is 13.7 Å². The number of aromatic nitrogens is 2. The topological polar surface area (TPSA) is 38.9 Å². The number of fused-ring (bicyclic) bond motifs is 3. The third-order valence-electron chi connectivity index (χ3n) is 9.06. The van der Waals surface area contributed by atoms with Gasteiger partial charge < -0.3 is 14.4 Å². The molecule has 0 fully saturated rings. The van der Waals surface area contributed by atoms with Crippen LogP contribution in [0.4, 0.5) is 0 Å². The Morgan fingerprint density at radius 3 is 2.04 bits per heavy atom. The van der Waals surface area contributed by atoms with Crippen LogP contribution in [0.3, 0.4) is 0 Å². The third kappa shape index (κ3) is 8.02. The monoisotopic (exact) mass is 857 g/mol. The fourth-order valence-electron chi connectivity index (χ4n) is 6.10. The zero-order valence-corrected chi connectivity index (χ0v) is 33.0. The van der Waals surface area contributed by atoms with Gasteiger partial charge in [0.2, 0.25) is 0 Å².